The van der Waals surface area contributed by atoms with Crippen molar-refractivity contribution in [3.8, 4) is 0 Å². The molecule has 0 aliphatic heterocycles. The largest absolute Gasteiger partial charge is 0.355 e. The standard InChI is InChI=1S/C24H24Cl2N2O3S/c1-18-16-20(25)13-14-23(18)28(32(30,31)21-10-3-2-4-11-21)17-24(29)27-15-7-9-19-8-5-6-12-22(19)26/h2-6,8,10-14,16H,7,9,15,17H2,1H3,(H,27,29). The molecule has 0 aromatic heterocycles. The Morgan fingerprint density at radius 3 is 2.34 bits per heavy atom. The van der Waals surface area contributed by atoms with Crippen LogP contribution in [0, 0.1) is 6.92 Å². The highest BCUT2D eigenvalue weighted by molar-refractivity contribution is 7.92. The molecule has 0 unspecified atom stereocenters. The smallest absolute Gasteiger partial charge is 0.264 e. The number of amides is 1. The predicted molar refractivity (Wildman–Crippen MR) is 130 cm³/mol. The summed E-state index contributed by atoms with van der Waals surface area (Å²) in [6, 6.07) is 20.5. The van der Waals surface area contributed by atoms with Gasteiger partial charge >= 0.3 is 0 Å². The van der Waals surface area contributed by atoms with Gasteiger partial charge in [-0.05, 0) is 67.3 Å². The van der Waals surface area contributed by atoms with Crippen LogP contribution < -0.4 is 9.62 Å². The van der Waals surface area contributed by atoms with Gasteiger partial charge in [-0.2, -0.15) is 0 Å². The van der Waals surface area contributed by atoms with E-state index in [1.807, 2.05) is 24.3 Å². The Kier molecular flexibility index (Phi) is 8.18. The van der Waals surface area contributed by atoms with Gasteiger partial charge in [0.25, 0.3) is 10.0 Å². The van der Waals surface area contributed by atoms with Crippen molar-refractivity contribution in [1.29, 1.82) is 0 Å². The Morgan fingerprint density at radius 2 is 1.66 bits per heavy atom. The average Bonchev–Trinajstić information content (AvgIpc) is 2.77. The predicted octanol–water partition coefficient (Wildman–Crippen LogP) is 5.25. The van der Waals surface area contributed by atoms with Gasteiger partial charge in [0.15, 0.2) is 0 Å². The highest BCUT2D eigenvalue weighted by Gasteiger charge is 2.28. The van der Waals surface area contributed by atoms with Gasteiger partial charge in [0.2, 0.25) is 5.91 Å². The summed E-state index contributed by atoms with van der Waals surface area (Å²) >= 11 is 12.2. The first-order valence-corrected chi connectivity index (χ1v) is 12.3. The molecule has 0 bridgehead atoms. The number of halogens is 2. The normalized spacial score (nSPS) is 11.2. The van der Waals surface area contributed by atoms with E-state index >= 15 is 0 Å². The molecule has 0 radical (unpaired) electrons. The van der Waals surface area contributed by atoms with E-state index in [4.69, 9.17) is 23.2 Å². The first kappa shape index (κ1) is 24.1. The molecule has 0 spiro atoms. The molecule has 0 aliphatic rings. The number of nitrogens with zero attached hydrogens (tertiary/aromatic N) is 1. The SMILES string of the molecule is Cc1cc(Cl)ccc1N(CC(=O)NCCCc1ccccc1Cl)S(=O)(=O)c1ccccc1. The molecule has 3 aromatic rings. The van der Waals surface area contributed by atoms with Gasteiger partial charge in [-0.15, -0.1) is 0 Å². The molecule has 8 heteroatoms. The molecule has 168 valence electrons. The van der Waals surface area contributed by atoms with Crippen molar-refractivity contribution < 1.29 is 13.2 Å². The minimum absolute atomic E-state index is 0.112. The number of nitrogens with one attached hydrogen (secondary N) is 1. The zero-order chi connectivity index (χ0) is 23.1. The minimum atomic E-state index is -3.95. The van der Waals surface area contributed by atoms with Crippen LogP contribution in [-0.2, 0) is 21.2 Å². The Labute approximate surface area is 199 Å². The fourth-order valence-corrected chi connectivity index (χ4v) is 5.28. The van der Waals surface area contributed by atoms with E-state index in [9.17, 15) is 13.2 Å². The molecule has 0 fully saturated rings. The number of hydrogen-bond acceptors (Lipinski definition) is 3. The quantitative estimate of drug-likeness (QED) is 0.416. The summed E-state index contributed by atoms with van der Waals surface area (Å²) in [5, 5.41) is 4.00. The molecule has 0 saturated carbocycles. The maximum atomic E-state index is 13.4. The van der Waals surface area contributed by atoms with Crippen LogP contribution in [0.3, 0.4) is 0 Å². The van der Waals surface area contributed by atoms with Crippen molar-refractivity contribution >= 4 is 44.8 Å². The number of benzene rings is 3. The summed E-state index contributed by atoms with van der Waals surface area (Å²) in [5.74, 6) is -0.391. The van der Waals surface area contributed by atoms with Crippen molar-refractivity contribution in [1.82, 2.24) is 5.32 Å². The van der Waals surface area contributed by atoms with Crippen LogP contribution in [0.5, 0.6) is 0 Å². The second-order valence-corrected chi connectivity index (χ2v) is 10.0. The Hall–Kier alpha value is -2.54. The first-order chi connectivity index (χ1) is 15.3. The minimum Gasteiger partial charge on any atom is -0.355 e. The third kappa shape index (κ3) is 6.03. The van der Waals surface area contributed by atoms with Crippen molar-refractivity contribution in [3.05, 3.63) is 94.0 Å². The van der Waals surface area contributed by atoms with Gasteiger partial charge < -0.3 is 5.32 Å². The van der Waals surface area contributed by atoms with Crippen LogP contribution in [0.15, 0.2) is 77.7 Å². The van der Waals surface area contributed by atoms with E-state index in [0.717, 1.165) is 9.87 Å². The van der Waals surface area contributed by atoms with E-state index in [2.05, 4.69) is 5.32 Å². The summed E-state index contributed by atoms with van der Waals surface area (Å²) < 4.78 is 27.8. The number of sulfonamides is 1. The molecule has 1 amide bonds. The van der Waals surface area contributed by atoms with Crippen molar-refractivity contribution in [2.75, 3.05) is 17.4 Å². The Morgan fingerprint density at radius 1 is 0.969 bits per heavy atom. The van der Waals surface area contributed by atoms with E-state index < -0.39 is 15.9 Å². The first-order valence-electron chi connectivity index (χ1n) is 10.1. The zero-order valence-electron chi connectivity index (χ0n) is 17.6. The van der Waals surface area contributed by atoms with Crippen LogP contribution in [-0.4, -0.2) is 27.4 Å². The van der Waals surface area contributed by atoms with E-state index in [1.165, 1.54) is 12.1 Å². The molecule has 32 heavy (non-hydrogen) atoms. The van der Waals surface area contributed by atoms with E-state index in [1.54, 1.807) is 43.3 Å². The third-order valence-electron chi connectivity index (χ3n) is 4.95. The fraction of sp³-hybridized carbons (Fsp3) is 0.208. The van der Waals surface area contributed by atoms with Crippen LogP contribution in [0.25, 0.3) is 0 Å². The zero-order valence-corrected chi connectivity index (χ0v) is 19.9. The molecule has 0 atom stereocenters. The van der Waals surface area contributed by atoms with Crippen LogP contribution in [0.4, 0.5) is 5.69 Å². The lowest BCUT2D eigenvalue weighted by atomic mass is 10.1. The lowest BCUT2D eigenvalue weighted by Gasteiger charge is -2.25. The van der Waals surface area contributed by atoms with Crippen LogP contribution in [0.1, 0.15) is 17.5 Å². The van der Waals surface area contributed by atoms with Crippen LogP contribution in [0.2, 0.25) is 10.0 Å². The second kappa shape index (κ2) is 10.9. The molecule has 5 nitrogen and oxygen atoms in total. The van der Waals surface area contributed by atoms with Crippen molar-refractivity contribution in [2.45, 2.75) is 24.7 Å². The highest BCUT2D eigenvalue weighted by Crippen LogP contribution is 2.28. The molecule has 0 saturated heterocycles. The number of aryl methyl sites for hydroxylation is 2. The van der Waals surface area contributed by atoms with Gasteiger partial charge in [-0.25, -0.2) is 8.42 Å². The number of carbonyl (C=O) groups is 1. The van der Waals surface area contributed by atoms with Gasteiger partial charge in [0.05, 0.1) is 10.6 Å². The van der Waals surface area contributed by atoms with Crippen molar-refractivity contribution in [2.24, 2.45) is 0 Å². The topological polar surface area (TPSA) is 66.5 Å². The third-order valence-corrected chi connectivity index (χ3v) is 7.33. The van der Waals surface area contributed by atoms with Crippen LogP contribution >= 0.6 is 23.2 Å². The summed E-state index contributed by atoms with van der Waals surface area (Å²) in [4.78, 5) is 12.8. The average molecular weight is 491 g/mol. The number of hydrogen-bond donors (Lipinski definition) is 1. The Balaban J connectivity index is 1.74. The van der Waals surface area contributed by atoms with Crippen molar-refractivity contribution in [3.63, 3.8) is 0 Å². The van der Waals surface area contributed by atoms with Gasteiger partial charge in [-0.3, -0.25) is 9.10 Å². The highest BCUT2D eigenvalue weighted by atomic mass is 35.5. The maximum absolute atomic E-state index is 13.4. The molecule has 1 N–H and O–H groups in total. The summed E-state index contributed by atoms with van der Waals surface area (Å²) in [7, 11) is -3.95. The number of rotatable bonds is 9. The fourth-order valence-electron chi connectivity index (χ4n) is 3.31. The number of carbonyl (C=O) groups excluding carboxylic acids is 1. The lowest BCUT2D eigenvalue weighted by Crippen LogP contribution is -2.41. The van der Waals surface area contributed by atoms with Gasteiger partial charge in [0, 0.05) is 16.6 Å². The van der Waals surface area contributed by atoms with E-state index in [0.29, 0.717) is 40.7 Å². The lowest BCUT2D eigenvalue weighted by molar-refractivity contribution is -0.119. The van der Waals surface area contributed by atoms with Gasteiger partial charge in [0.1, 0.15) is 6.54 Å². The summed E-state index contributed by atoms with van der Waals surface area (Å²) in [6.07, 6.45) is 1.39. The maximum Gasteiger partial charge on any atom is 0.264 e. The summed E-state index contributed by atoms with van der Waals surface area (Å²) in [6.45, 7) is 1.82. The molecule has 0 aliphatic carbocycles. The molecule has 3 rings (SSSR count). The Bertz CT molecular complexity index is 1180. The molecular formula is C24H24Cl2N2O3S. The van der Waals surface area contributed by atoms with E-state index in [-0.39, 0.29) is 11.4 Å². The number of anilines is 1. The van der Waals surface area contributed by atoms with Gasteiger partial charge in [-0.1, -0.05) is 59.6 Å². The molecular weight excluding hydrogens is 467 g/mol. The molecule has 0 heterocycles. The monoisotopic (exact) mass is 490 g/mol. The molecule has 3 aromatic carbocycles. The second-order valence-electron chi connectivity index (χ2n) is 7.30. The summed E-state index contributed by atoms with van der Waals surface area (Å²) in [5.41, 5.74) is 2.07.